The number of nitro groups is 1. The van der Waals surface area contributed by atoms with Gasteiger partial charge in [-0.15, -0.1) is 0 Å². The van der Waals surface area contributed by atoms with E-state index in [1.54, 1.807) is 19.9 Å². The monoisotopic (exact) mass is 494 g/mol. The number of nitrogens with zero attached hydrogens (tertiary/aromatic N) is 3. The van der Waals surface area contributed by atoms with Crippen molar-refractivity contribution >= 4 is 33.2 Å². The molecule has 0 saturated heterocycles. The Kier molecular flexibility index (Phi) is 8.68. The molecule has 0 aliphatic carbocycles. The van der Waals surface area contributed by atoms with Crippen molar-refractivity contribution in [3.05, 3.63) is 70.0 Å². The van der Waals surface area contributed by atoms with Gasteiger partial charge in [-0.3, -0.25) is 24.0 Å². The summed E-state index contributed by atoms with van der Waals surface area (Å²) in [7, 11) is -4.05. The molecule has 2 aromatic carbocycles. The van der Waals surface area contributed by atoms with E-state index in [-0.39, 0.29) is 29.5 Å². The van der Waals surface area contributed by atoms with Gasteiger partial charge >= 0.3 is 0 Å². The Labute approximate surface area is 197 Å². The van der Waals surface area contributed by atoms with Crippen LogP contribution in [0.4, 0.5) is 15.8 Å². The molecule has 1 atom stereocenters. The van der Waals surface area contributed by atoms with Crippen LogP contribution in [0.3, 0.4) is 0 Å². The molecule has 2 amide bonds. The Morgan fingerprint density at radius 1 is 1.12 bits per heavy atom. The van der Waals surface area contributed by atoms with Crippen molar-refractivity contribution in [1.29, 1.82) is 0 Å². The molecular formula is C22H27FN4O6S. The van der Waals surface area contributed by atoms with E-state index in [2.05, 4.69) is 5.32 Å². The Morgan fingerprint density at radius 2 is 1.76 bits per heavy atom. The normalized spacial score (nSPS) is 12.2. The van der Waals surface area contributed by atoms with Crippen LogP contribution in [-0.2, 0) is 26.2 Å². The van der Waals surface area contributed by atoms with Crippen LogP contribution in [0.5, 0.6) is 0 Å². The zero-order valence-electron chi connectivity index (χ0n) is 19.3. The first-order chi connectivity index (χ1) is 15.8. The van der Waals surface area contributed by atoms with E-state index in [4.69, 9.17) is 0 Å². The first kappa shape index (κ1) is 26.7. The molecule has 12 heteroatoms. The van der Waals surface area contributed by atoms with E-state index in [1.807, 2.05) is 0 Å². The summed E-state index contributed by atoms with van der Waals surface area (Å²) in [5.74, 6) is -1.87. The number of benzene rings is 2. The predicted molar refractivity (Wildman–Crippen MR) is 125 cm³/mol. The van der Waals surface area contributed by atoms with Crippen LogP contribution in [-0.4, -0.2) is 54.9 Å². The highest BCUT2D eigenvalue weighted by Gasteiger charge is 2.31. The fourth-order valence-corrected chi connectivity index (χ4v) is 4.01. The fourth-order valence-electron chi connectivity index (χ4n) is 3.17. The van der Waals surface area contributed by atoms with Gasteiger partial charge in [0.1, 0.15) is 18.4 Å². The van der Waals surface area contributed by atoms with E-state index in [0.29, 0.717) is 4.31 Å². The van der Waals surface area contributed by atoms with Crippen LogP contribution in [0.1, 0.15) is 26.3 Å². The molecule has 0 aliphatic heterocycles. The van der Waals surface area contributed by atoms with Crippen LogP contribution in [0.2, 0.25) is 0 Å². The molecule has 184 valence electrons. The maximum Gasteiger partial charge on any atom is 0.271 e. The lowest BCUT2D eigenvalue weighted by Crippen LogP contribution is -2.52. The van der Waals surface area contributed by atoms with Crippen molar-refractivity contribution in [2.45, 2.75) is 39.4 Å². The SMILES string of the molecule is CC(C)NC(=O)[C@H](C)N(Cc1ccccc1F)C(=O)CN(c1cccc([N+](=O)[O-])c1)S(C)(=O)=O. The topological polar surface area (TPSA) is 130 Å². The second kappa shape index (κ2) is 11.1. The second-order valence-electron chi connectivity index (χ2n) is 8.00. The van der Waals surface area contributed by atoms with Crippen LogP contribution < -0.4 is 9.62 Å². The minimum absolute atomic E-state index is 0.0878. The lowest BCUT2D eigenvalue weighted by Gasteiger charge is -2.31. The Hall–Kier alpha value is -3.54. The average molecular weight is 495 g/mol. The third kappa shape index (κ3) is 6.98. The number of nitrogens with one attached hydrogen (secondary N) is 1. The van der Waals surface area contributed by atoms with Gasteiger partial charge in [0.15, 0.2) is 0 Å². The summed E-state index contributed by atoms with van der Waals surface area (Å²) < 4.78 is 40.0. The highest BCUT2D eigenvalue weighted by molar-refractivity contribution is 7.92. The van der Waals surface area contributed by atoms with Crippen molar-refractivity contribution in [2.75, 3.05) is 17.1 Å². The van der Waals surface area contributed by atoms with Crippen molar-refractivity contribution < 1.29 is 27.3 Å². The summed E-state index contributed by atoms with van der Waals surface area (Å²) >= 11 is 0. The van der Waals surface area contributed by atoms with E-state index in [1.165, 1.54) is 43.3 Å². The van der Waals surface area contributed by atoms with Gasteiger partial charge in [0, 0.05) is 30.3 Å². The molecule has 0 aliphatic rings. The standard InChI is InChI=1S/C22H27FN4O6S/c1-15(2)24-22(29)16(3)25(13-17-8-5-6-11-20(17)23)21(28)14-26(34(4,32)33)18-9-7-10-19(12-18)27(30)31/h5-12,15-16H,13-14H2,1-4H3,(H,24,29)/t16-/m0/s1. The number of halogens is 1. The highest BCUT2D eigenvalue weighted by Crippen LogP contribution is 2.24. The van der Waals surface area contributed by atoms with Crippen molar-refractivity contribution in [1.82, 2.24) is 10.2 Å². The van der Waals surface area contributed by atoms with Crippen LogP contribution in [0.25, 0.3) is 0 Å². The summed E-state index contributed by atoms with van der Waals surface area (Å²) in [5.41, 5.74) is -0.303. The summed E-state index contributed by atoms with van der Waals surface area (Å²) in [6.45, 7) is 3.90. The summed E-state index contributed by atoms with van der Waals surface area (Å²) in [5, 5.41) is 13.8. The summed E-state index contributed by atoms with van der Waals surface area (Å²) in [6, 6.07) is 9.28. The molecule has 0 aromatic heterocycles. The number of hydrogen-bond acceptors (Lipinski definition) is 6. The lowest BCUT2D eigenvalue weighted by molar-refractivity contribution is -0.384. The number of sulfonamides is 1. The second-order valence-corrected chi connectivity index (χ2v) is 9.91. The number of amides is 2. The number of carbonyl (C=O) groups is 2. The zero-order valence-corrected chi connectivity index (χ0v) is 20.1. The van der Waals surface area contributed by atoms with E-state index < -0.39 is 45.2 Å². The number of hydrogen-bond donors (Lipinski definition) is 1. The Bertz CT molecular complexity index is 1170. The Morgan fingerprint density at radius 3 is 2.32 bits per heavy atom. The molecule has 2 aromatic rings. The third-order valence-corrected chi connectivity index (χ3v) is 6.05. The Balaban J connectivity index is 2.44. The maximum absolute atomic E-state index is 14.3. The fraction of sp³-hybridized carbons (Fsp3) is 0.364. The van der Waals surface area contributed by atoms with Gasteiger partial charge in [0.2, 0.25) is 21.8 Å². The van der Waals surface area contributed by atoms with Crippen molar-refractivity contribution in [3.63, 3.8) is 0 Å². The van der Waals surface area contributed by atoms with Gasteiger partial charge in [-0.2, -0.15) is 0 Å². The molecule has 34 heavy (non-hydrogen) atoms. The molecule has 0 radical (unpaired) electrons. The van der Waals surface area contributed by atoms with Gasteiger partial charge in [0.25, 0.3) is 5.69 Å². The minimum atomic E-state index is -4.05. The highest BCUT2D eigenvalue weighted by atomic mass is 32.2. The number of carbonyl (C=O) groups excluding carboxylic acids is 2. The van der Waals surface area contributed by atoms with Crippen molar-refractivity contribution in [3.8, 4) is 0 Å². The molecule has 0 bridgehead atoms. The van der Waals surface area contributed by atoms with Crippen LogP contribution >= 0.6 is 0 Å². The smallest absolute Gasteiger partial charge is 0.271 e. The zero-order chi connectivity index (χ0) is 25.6. The molecule has 0 saturated carbocycles. The minimum Gasteiger partial charge on any atom is -0.352 e. The molecule has 10 nitrogen and oxygen atoms in total. The molecule has 1 N–H and O–H groups in total. The molecular weight excluding hydrogens is 467 g/mol. The van der Waals surface area contributed by atoms with Gasteiger partial charge in [-0.1, -0.05) is 24.3 Å². The summed E-state index contributed by atoms with van der Waals surface area (Å²) in [4.78, 5) is 37.5. The van der Waals surface area contributed by atoms with Crippen molar-refractivity contribution in [2.24, 2.45) is 0 Å². The molecule has 0 spiro atoms. The lowest BCUT2D eigenvalue weighted by atomic mass is 10.1. The van der Waals surface area contributed by atoms with Gasteiger partial charge in [-0.05, 0) is 32.9 Å². The summed E-state index contributed by atoms with van der Waals surface area (Å²) in [6.07, 6.45) is 0.856. The molecule has 0 heterocycles. The van der Waals surface area contributed by atoms with Gasteiger partial charge < -0.3 is 10.2 Å². The number of anilines is 1. The number of rotatable bonds is 10. The number of nitro benzene ring substituents is 1. The van der Waals surface area contributed by atoms with Crippen LogP contribution in [0.15, 0.2) is 48.5 Å². The molecule has 0 fully saturated rings. The number of non-ortho nitro benzene ring substituents is 1. The molecule has 2 rings (SSSR count). The largest absolute Gasteiger partial charge is 0.352 e. The van der Waals surface area contributed by atoms with E-state index >= 15 is 0 Å². The first-order valence-corrected chi connectivity index (χ1v) is 12.2. The maximum atomic E-state index is 14.3. The molecule has 0 unspecified atom stereocenters. The predicted octanol–water partition coefficient (Wildman–Crippen LogP) is 2.44. The quantitative estimate of drug-likeness (QED) is 0.399. The van der Waals surface area contributed by atoms with E-state index in [9.17, 15) is 32.5 Å². The van der Waals surface area contributed by atoms with Gasteiger partial charge in [0.05, 0.1) is 16.9 Å². The third-order valence-electron chi connectivity index (χ3n) is 4.90. The van der Waals surface area contributed by atoms with Gasteiger partial charge in [-0.25, -0.2) is 12.8 Å². The van der Waals surface area contributed by atoms with Crippen LogP contribution in [0, 0.1) is 15.9 Å². The average Bonchev–Trinajstić information content (AvgIpc) is 2.75. The van der Waals surface area contributed by atoms with E-state index in [0.717, 1.165) is 17.2 Å². The first-order valence-electron chi connectivity index (χ1n) is 10.4.